The predicted molar refractivity (Wildman–Crippen MR) is 68.5 cm³/mol. The first kappa shape index (κ1) is 13.3. The maximum Gasteiger partial charge on any atom is 0.335 e. The van der Waals surface area contributed by atoms with Crippen molar-refractivity contribution < 1.29 is 14.2 Å². The molecule has 0 amide bonds. The molecule has 6 nitrogen and oxygen atoms in total. The van der Waals surface area contributed by atoms with Gasteiger partial charge in [0.15, 0.2) is 0 Å². The number of hydrogen-bond acceptors (Lipinski definition) is 4. The molecule has 1 aromatic heterocycles. The number of aromatic nitrogens is 2. The van der Waals surface area contributed by atoms with Crippen LogP contribution >= 0.6 is 15.9 Å². The Morgan fingerprint density at radius 3 is 2.68 bits per heavy atom. The van der Waals surface area contributed by atoms with Crippen LogP contribution < -0.4 is 16.0 Å². The number of hydrogen-bond donors (Lipinski definition) is 2. The van der Waals surface area contributed by atoms with Gasteiger partial charge in [-0.3, -0.25) is 9.78 Å². The Balaban J connectivity index is 2.79. The van der Waals surface area contributed by atoms with Crippen LogP contribution in [0.15, 0.2) is 32.3 Å². The summed E-state index contributed by atoms with van der Waals surface area (Å²) in [7, 11) is 1.42. The molecule has 0 bridgehead atoms. The highest BCUT2D eigenvalue weighted by molar-refractivity contribution is 9.10. The van der Waals surface area contributed by atoms with E-state index in [0.717, 1.165) is 0 Å². The number of aromatic amines is 1. The van der Waals surface area contributed by atoms with Gasteiger partial charge in [0.1, 0.15) is 5.75 Å². The van der Waals surface area contributed by atoms with Gasteiger partial charge in [0.25, 0.3) is 5.56 Å². The molecular formula is C11H8BrFN2O4. The third-order valence-electron chi connectivity index (χ3n) is 2.38. The van der Waals surface area contributed by atoms with Crippen LogP contribution in [0.1, 0.15) is 0 Å². The van der Waals surface area contributed by atoms with Crippen LogP contribution in [0, 0.1) is 5.82 Å². The fourth-order valence-corrected chi connectivity index (χ4v) is 2.00. The molecule has 1 aromatic carbocycles. The summed E-state index contributed by atoms with van der Waals surface area (Å²) in [5.41, 5.74) is -2.09. The van der Waals surface area contributed by atoms with Crippen LogP contribution in [-0.2, 0) is 0 Å². The van der Waals surface area contributed by atoms with Crippen LogP contribution in [0.3, 0.4) is 0 Å². The van der Waals surface area contributed by atoms with Crippen molar-refractivity contribution in [3.05, 3.63) is 49.3 Å². The largest absolute Gasteiger partial charge is 0.497 e. The van der Waals surface area contributed by atoms with Crippen LogP contribution in [0.25, 0.3) is 5.69 Å². The minimum atomic E-state index is -1.43. The van der Waals surface area contributed by atoms with Crippen molar-refractivity contribution in [1.82, 2.24) is 9.55 Å². The van der Waals surface area contributed by atoms with E-state index in [1.165, 1.54) is 19.2 Å². The van der Waals surface area contributed by atoms with E-state index < -0.39 is 22.9 Å². The van der Waals surface area contributed by atoms with E-state index in [-0.39, 0.29) is 5.69 Å². The van der Waals surface area contributed by atoms with Gasteiger partial charge >= 0.3 is 5.69 Å². The number of benzene rings is 1. The predicted octanol–water partition coefficient (Wildman–Crippen LogP) is 1.14. The second kappa shape index (κ2) is 4.88. The zero-order chi connectivity index (χ0) is 14.2. The van der Waals surface area contributed by atoms with E-state index in [4.69, 9.17) is 4.74 Å². The van der Waals surface area contributed by atoms with Gasteiger partial charge in [-0.2, -0.15) is 4.39 Å². The number of aromatic hydroxyl groups is 1. The molecule has 2 aromatic rings. The number of nitrogens with zero attached hydrogens (tertiary/aromatic N) is 1. The zero-order valence-corrected chi connectivity index (χ0v) is 11.2. The van der Waals surface area contributed by atoms with E-state index in [0.29, 0.717) is 14.8 Å². The summed E-state index contributed by atoms with van der Waals surface area (Å²) >= 11 is 3.19. The molecule has 0 atom stereocenters. The smallest absolute Gasteiger partial charge is 0.335 e. The average Bonchev–Trinajstić information content (AvgIpc) is 2.35. The van der Waals surface area contributed by atoms with Crippen LogP contribution in [-0.4, -0.2) is 21.8 Å². The van der Waals surface area contributed by atoms with Gasteiger partial charge in [0.05, 0.1) is 12.8 Å². The fraction of sp³-hybridized carbons (Fsp3) is 0.0909. The molecule has 0 aliphatic rings. The van der Waals surface area contributed by atoms with Crippen LogP contribution in [0.5, 0.6) is 11.6 Å². The lowest BCUT2D eigenvalue weighted by Crippen LogP contribution is -2.30. The fourth-order valence-electron chi connectivity index (χ4n) is 1.54. The summed E-state index contributed by atoms with van der Waals surface area (Å²) in [6.45, 7) is 0. The Morgan fingerprint density at radius 1 is 1.37 bits per heavy atom. The molecule has 19 heavy (non-hydrogen) atoms. The van der Waals surface area contributed by atoms with Crippen molar-refractivity contribution in [2.45, 2.75) is 0 Å². The van der Waals surface area contributed by atoms with Gasteiger partial charge in [-0.25, -0.2) is 9.36 Å². The van der Waals surface area contributed by atoms with Gasteiger partial charge in [0.2, 0.25) is 11.7 Å². The summed E-state index contributed by atoms with van der Waals surface area (Å²) in [6, 6.07) is 4.48. The average molecular weight is 331 g/mol. The van der Waals surface area contributed by atoms with Crippen molar-refractivity contribution in [2.75, 3.05) is 7.11 Å². The van der Waals surface area contributed by atoms with Crippen molar-refractivity contribution in [3.8, 4) is 17.3 Å². The highest BCUT2D eigenvalue weighted by Gasteiger charge is 2.16. The number of methoxy groups -OCH3 is 1. The van der Waals surface area contributed by atoms with Crippen molar-refractivity contribution >= 4 is 15.9 Å². The number of halogens is 2. The number of ether oxygens (including phenoxy) is 1. The summed E-state index contributed by atoms with van der Waals surface area (Å²) in [5, 5.41) is 9.58. The molecule has 0 aliphatic heterocycles. The lowest BCUT2D eigenvalue weighted by atomic mass is 10.3. The molecule has 2 N–H and O–H groups in total. The molecule has 100 valence electrons. The van der Waals surface area contributed by atoms with Crippen molar-refractivity contribution in [3.63, 3.8) is 0 Å². The number of rotatable bonds is 2. The minimum Gasteiger partial charge on any atom is -0.497 e. The summed E-state index contributed by atoms with van der Waals surface area (Å²) in [6.07, 6.45) is 0. The molecule has 0 radical (unpaired) electrons. The first-order valence-electron chi connectivity index (χ1n) is 5.03. The molecule has 0 saturated heterocycles. The topological polar surface area (TPSA) is 84.3 Å². The highest BCUT2D eigenvalue weighted by atomic mass is 79.9. The van der Waals surface area contributed by atoms with Crippen LogP contribution in [0.2, 0.25) is 0 Å². The Bertz CT molecular complexity index is 753. The first-order valence-corrected chi connectivity index (χ1v) is 5.82. The molecule has 0 saturated carbocycles. The maximum absolute atomic E-state index is 13.3. The summed E-state index contributed by atoms with van der Waals surface area (Å²) < 4.78 is 19.5. The molecule has 8 heteroatoms. The Kier molecular flexibility index (Phi) is 3.43. The Labute approximate surface area is 114 Å². The minimum absolute atomic E-state index is 0.142. The van der Waals surface area contributed by atoms with Gasteiger partial charge in [-0.1, -0.05) is 15.9 Å². The Morgan fingerprint density at radius 2 is 2.05 bits per heavy atom. The zero-order valence-electron chi connectivity index (χ0n) is 9.61. The van der Waals surface area contributed by atoms with E-state index in [1.807, 2.05) is 0 Å². The molecular weight excluding hydrogens is 323 g/mol. The summed E-state index contributed by atoms with van der Waals surface area (Å²) in [5.74, 6) is -2.10. The van der Waals surface area contributed by atoms with Crippen molar-refractivity contribution in [1.29, 1.82) is 0 Å². The van der Waals surface area contributed by atoms with Gasteiger partial charge in [-0.05, 0) is 12.1 Å². The lowest BCUT2D eigenvalue weighted by molar-refractivity contribution is 0.385. The standard InChI is InChI=1S/C11H8BrFN2O4/c1-19-7-3-5(12)2-6(4-7)15-10(17)8(13)9(16)14-11(15)18/h2-4,17H,1H3,(H,14,16,18). The van der Waals surface area contributed by atoms with Gasteiger partial charge in [-0.15, -0.1) is 0 Å². The van der Waals surface area contributed by atoms with Gasteiger partial charge < -0.3 is 9.84 Å². The third-order valence-corrected chi connectivity index (χ3v) is 2.84. The number of H-pyrrole nitrogens is 1. The molecule has 2 rings (SSSR count). The van der Waals surface area contributed by atoms with E-state index in [2.05, 4.69) is 15.9 Å². The molecule has 1 heterocycles. The normalized spacial score (nSPS) is 10.5. The summed E-state index contributed by atoms with van der Waals surface area (Å²) in [4.78, 5) is 24.4. The highest BCUT2D eigenvalue weighted by Crippen LogP contribution is 2.25. The van der Waals surface area contributed by atoms with E-state index in [1.54, 1.807) is 11.1 Å². The number of nitrogens with one attached hydrogen (secondary N) is 1. The third kappa shape index (κ3) is 2.39. The Hall–Kier alpha value is -2.09. The van der Waals surface area contributed by atoms with Crippen molar-refractivity contribution in [2.24, 2.45) is 0 Å². The second-order valence-electron chi connectivity index (χ2n) is 3.58. The quantitative estimate of drug-likeness (QED) is 0.864. The van der Waals surface area contributed by atoms with E-state index in [9.17, 15) is 19.1 Å². The molecule has 0 fully saturated rings. The first-order chi connectivity index (χ1) is 8.93. The van der Waals surface area contributed by atoms with Crippen LogP contribution in [0.4, 0.5) is 4.39 Å². The SMILES string of the molecule is COc1cc(Br)cc(-n2c(O)c(F)c(=O)[nH]c2=O)c1. The van der Waals surface area contributed by atoms with E-state index >= 15 is 0 Å². The molecule has 0 spiro atoms. The lowest BCUT2D eigenvalue weighted by Gasteiger charge is -2.10. The second-order valence-corrected chi connectivity index (χ2v) is 4.50. The maximum atomic E-state index is 13.3. The van der Waals surface area contributed by atoms with Gasteiger partial charge in [0, 0.05) is 10.5 Å². The molecule has 0 unspecified atom stereocenters. The monoisotopic (exact) mass is 330 g/mol. The molecule has 0 aliphatic carbocycles.